The van der Waals surface area contributed by atoms with Crippen molar-refractivity contribution in [2.45, 2.75) is 33.6 Å². The molecule has 2 rings (SSSR count). The van der Waals surface area contributed by atoms with Crippen molar-refractivity contribution in [1.29, 1.82) is 0 Å². The number of unbranched alkanes of at least 4 members (excludes halogenated alkanes) is 1. The summed E-state index contributed by atoms with van der Waals surface area (Å²) in [5.74, 6) is 0.876. The van der Waals surface area contributed by atoms with Crippen LogP contribution in [0, 0.1) is 13.8 Å². The number of nitrogens with one attached hydrogen (secondary N) is 1. The van der Waals surface area contributed by atoms with Crippen LogP contribution >= 0.6 is 0 Å². The predicted octanol–water partition coefficient (Wildman–Crippen LogP) is 3.66. The summed E-state index contributed by atoms with van der Waals surface area (Å²) in [5, 5.41) is 8.52. The van der Waals surface area contributed by atoms with E-state index in [1.165, 1.54) is 17.5 Å². The molecule has 1 heterocycles. The normalized spacial score (nSPS) is 10.9. The van der Waals surface area contributed by atoms with Gasteiger partial charge in [0.05, 0.1) is 5.39 Å². The Labute approximate surface area is 95.8 Å². The zero-order valence-corrected chi connectivity index (χ0v) is 10.1. The van der Waals surface area contributed by atoms with Crippen LogP contribution in [0.15, 0.2) is 16.7 Å². The fraction of sp³-hybridized carbons (Fsp3) is 0.462. The van der Waals surface area contributed by atoms with Crippen molar-refractivity contribution in [3.8, 4) is 0 Å². The number of fused-ring (bicyclic) bond motifs is 1. The molecule has 2 aromatic rings. The van der Waals surface area contributed by atoms with E-state index >= 15 is 0 Å². The van der Waals surface area contributed by atoms with E-state index in [-0.39, 0.29) is 0 Å². The summed E-state index contributed by atoms with van der Waals surface area (Å²) in [6.45, 7) is 7.29. The van der Waals surface area contributed by atoms with Crippen molar-refractivity contribution in [2.24, 2.45) is 0 Å². The standard InChI is InChI=1S/C13H18N2O/c1-4-5-6-14-13-12-10(3)7-9(2)8-11(12)16-15-13/h7-8H,4-6H2,1-3H3,(H,14,15). The first-order chi connectivity index (χ1) is 7.72. The Morgan fingerprint density at radius 1 is 1.31 bits per heavy atom. The van der Waals surface area contributed by atoms with Gasteiger partial charge < -0.3 is 9.84 Å². The first-order valence-corrected chi connectivity index (χ1v) is 5.83. The van der Waals surface area contributed by atoms with E-state index in [1.54, 1.807) is 0 Å². The average Bonchev–Trinajstić information content (AvgIpc) is 2.62. The summed E-state index contributed by atoms with van der Waals surface area (Å²) >= 11 is 0. The monoisotopic (exact) mass is 218 g/mol. The highest BCUT2D eigenvalue weighted by Gasteiger charge is 2.10. The van der Waals surface area contributed by atoms with Gasteiger partial charge >= 0.3 is 0 Å². The molecule has 0 radical (unpaired) electrons. The number of rotatable bonds is 4. The van der Waals surface area contributed by atoms with Crippen molar-refractivity contribution in [2.75, 3.05) is 11.9 Å². The van der Waals surface area contributed by atoms with Crippen LogP contribution in [0.1, 0.15) is 30.9 Å². The lowest BCUT2D eigenvalue weighted by Crippen LogP contribution is -2.01. The molecule has 0 saturated heterocycles. The summed E-state index contributed by atoms with van der Waals surface area (Å²) in [6.07, 6.45) is 2.33. The van der Waals surface area contributed by atoms with Crippen molar-refractivity contribution in [1.82, 2.24) is 5.16 Å². The molecule has 0 bridgehead atoms. The molecule has 0 aliphatic carbocycles. The second kappa shape index (κ2) is 4.56. The lowest BCUT2D eigenvalue weighted by atomic mass is 10.1. The third-order valence-corrected chi connectivity index (χ3v) is 2.74. The summed E-state index contributed by atoms with van der Waals surface area (Å²) < 4.78 is 5.33. The SMILES string of the molecule is CCCCNc1noc2cc(C)cc(C)c12. The zero-order valence-electron chi connectivity index (χ0n) is 10.1. The number of anilines is 1. The largest absolute Gasteiger partial charge is 0.367 e. The topological polar surface area (TPSA) is 38.1 Å². The zero-order chi connectivity index (χ0) is 11.5. The van der Waals surface area contributed by atoms with Gasteiger partial charge in [0, 0.05) is 6.54 Å². The van der Waals surface area contributed by atoms with Gasteiger partial charge in [0.1, 0.15) is 0 Å². The van der Waals surface area contributed by atoms with Crippen molar-refractivity contribution in [3.63, 3.8) is 0 Å². The van der Waals surface area contributed by atoms with Gasteiger partial charge in [-0.3, -0.25) is 0 Å². The summed E-state index contributed by atoms with van der Waals surface area (Å²) in [5.41, 5.74) is 3.30. The molecule has 1 aromatic heterocycles. The molecule has 0 fully saturated rings. The molecule has 0 saturated carbocycles. The Morgan fingerprint density at radius 2 is 2.12 bits per heavy atom. The third kappa shape index (κ3) is 2.03. The number of aryl methyl sites for hydroxylation is 2. The number of hydrogen-bond donors (Lipinski definition) is 1. The van der Waals surface area contributed by atoms with E-state index in [0.717, 1.165) is 29.8 Å². The second-order valence-corrected chi connectivity index (χ2v) is 4.27. The Kier molecular flexibility index (Phi) is 3.13. The first-order valence-electron chi connectivity index (χ1n) is 5.83. The third-order valence-electron chi connectivity index (χ3n) is 2.74. The van der Waals surface area contributed by atoms with Crippen LogP contribution in [0.4, 0.5) is 5.82 Å². The van der Waals surface area contributed by atoms with Crippen molar-refractivity contribution >= 4 is 16.8 Å². The average molecular weight is 218 g/mol. The fourth-order valence-electron chi connectivity index (χ4n) is 1.95. The van der Waals surface area contributed by atoms with E-state index in [2.05, 4.69) is 37.3 Å². The first kappa shape index (κ1) is 11.0. The molecule has 16 heavy (non-hydrogen) atoms. The molecule has 0 atom stereocenters. The maximum absolute atomic E-state index is 5.33. The maximum Gasteiger partial charge on any atom is 0.177 e. The smallest absolute Gasteiger partial charge is 0.177 e. The maximum atomic E-state index is 5.33. The highest BCUT2D eigenvalue weighted by Crippen LogP contribution is 2.27. The molecule has 0 aliphatic heterocycles. The van der Waals surface area contributed by atoms with E-state index in [9.17, 15) is 0 Å². The Bertz CT molecular complexity index is 488. The highest BCUT2D eigenvalue weighted by atomic mass is 16.5. The molecular weight excluding hydrogens is 200 g/mol. The van der Waals surface area contributed by atoms with E-state index in [1.807, 2.05) is 6.07 Å². The van der Waals surface area contributed by atoms with Crippen molar-refractivity contribution < 1.29 is 4.52 Å². The van der Waals surface area contributed by atoms with Gasteiger partial charge in [0.2, 0.25) is 0 Å². The van der Waals surface area contributed by atoms with Crippen LogP contribution in [0.25, 0.3) is 11.0 Å². The van der Waals surface area contributed by atoms with Crippen LogP contribution in [-0.4, -0.2) is 11.7 Å². The van der Waals surface area contributed by atoms with Crippen LogP contribution in [0.2, 0.25) is 0 Å². The van der Waals surface area contributed by atoms with Crippen LogP contribution in [-0.2, 0) is 0 Å². The highest BCUT2D eigenvalue weighted by molar-refractivity contribution is 5.91. The Morgan fingerprint density at radius 3 is 2.88 bits per heavy atom. The Hall–Kier alpha value is -1.51. The fourth-order valence-corrected chi connectivity index (χ4v) is 1.95. The van der Waals surface area contributed by atoms with Gasteiger partial charge in [0.25, 0.3) is 0 Å². The van der Waals surface area contributed by atoms with E-state index < -0.39 is 0 Å². The van der Waals surface area contributed by atoms with Crippen molar-refractivity contribution in [3.05, 3.63) is 23.3 Å². The van der Waals surface area contributed by atoms with Crippen LogP contribution in [0.3, 0.4) is 0 Å². The molecule has 0 unspecified atom stereocenters. The number of benzene rings is 1. The van der Waals surface area contributed by atoms with Crippen LogP contribution < -0.4 is 5.32 Å². The summed E-state index contributed by atoms with van der Waals surface area (Å²) in [7, 11) is 0. The number of nitrogens with zero attached hydrogens (tertiary/aromatic N) is 1. The van der Waals surface area contributed by atoms with Gasteiger partial charge in [-0.15, -0.1) is 0 Å². The second-order valence-electron chi connectivity index (χ2n) is 4.27. The molecular formula is C13H18N2O. The molecule has 0 aliphatic rings. The van der Waals surface area contributed by atoms with E-state index in [4.69, 9.17) is 4.52 Å². The number of aromatic nitrogens is 1. The molecule has 3 heteroatoms. The van der Waals surface area contributed by atoms with Gasteiger partial charge in [-0.05, 0) is 37.5 Å². The minimum atomic E-state index is 0.872. The summed E-state index contributed by atoms with van der Waals surface area (Å²) in [6, 6.07) is 4.19. The minimum Gasteiger partial charge on any atom is -0.367 e. The molecule has 3 nitrogen and oxygen atoms in total. The van der Waals surface area contributed by atoms with Crippen LogP contribution in [0.5, 0.6) is 0 Å². The summed E-state index contributed by atoms with van der Waals surface area (Å²) in [4.78, 5) is 0. The number of hydrogen-bond acceptors (Lipinski definition) is 3. The van der Waals surface area contributed by atoms with E-state index in [0.29, 0.717) is 0 Å². The van der Waals surface area contributed by atoms with Gasteiger partial charge in [-0.2, -0.15) is 0 Å². The van der Waals surface area contributed by atoms with Gasteiger partial charge in [0.15, 0.2) is 11.4 Å². The quantitative estimate of drug-likeness (QED) is 0.796. The molecule has 86 valence electrons. The lowest BCUT2D eigenvalue weighted by Gasteiger charge is -2.02. The minimum absolute atomic E-state index is 0.872. The molecule has 0 amide bonds. The molecule has 1 aromatic carbocycles. The Balaban J connectivity index is 2.33. The predicted molar refractivity (Wildman–Crippen MR) is 66.9 cm³/mol. The lowest BCUT2D eigenvalue weighted by molar-refractivity contribution is 0.459. The van der Waals surface area contributed by atoms with Gasteiger partial charge in [-0.1, -0.05) is 24.6 Å². The van der Waals surface area contributed by atoms with Gasteiger partial charge in [-0.25, -0.2) is 0 Å². The molecule has 0 spiro atoms. The molecule has 1 N–H and O–H groups in total.